The topological polar surface area (TPSA) is 47.0 Å². The van der Waals surface area contributed by atoms with Crippen LogP contribution in [0.3, 0.4) is 0 Å². The Kier molecular flexibility index (Phi) is 2.48. The molecule has 1 aromatic rings. The lowest BCUT2D eigenvalue weighted by atomic mass is 10.2. The summed E-state index contributed by atoms with van der Waals surface area (Å²) >= 11 is 3.13. The van der Waals surface area contributed by atoms with E-state index in [9.17, 15) is 9.59 Å². The number of aldehydes is 2. The van der Waals surface area contributed by atoms with Crippen LogP contribution in [0.5, 0.6) is 0 Å². The Morgan fingerprint density at radius 2 is 2.09 bits per heavy atom. The minimum absolute atomic E-state index is 0.170. The van der Waals surface area contributed by atoms with Crippen molar-refractivity contribution in [3.8, 4) is 0 Å². The Labute approximate surface area is 71.6 Å². The summed E-state index contributed by atoms with van der Waals surface area (Å²) in [6, 6.07) is 1.55. The molecule has 0 saturated carbocycles. The summed E-state index contributed by atoms with van der Waals surface area (Å²) < 4.78 is 0.685. The van der Waals surface area contributed by atoms with E-state index in [1.807, 2.05) is 0 Å². The second-order valence-electron chi connectivity index (χ2n) is 1.86. The fraction of sp³-hybridized carbons (Fsp3) is 0. The molecule has 56 valence electrons. The van der Waals surface area contributed by atoms with Crippen molar-refractivity contribution in [2.75, 3.05) is 0 Å². The van der Waals surface area contributed by atoms with E-state index in [1.54, 1.807) is 6.07 Å². The number of aromatic nitrogens is 1. The van der Waals surface area contributed by atoms with Crippen molar-refractivity contribution >= 4 is 28.5 Å². The molecule has 0 spiro atoms. The first-order valence-corrected chi connectivity index (χ1v) is 3.63. The predicted octanol–water partition coefficient (Wildman–Crippen LogP) is 1.47. The van der Waals surface area contributed by atoms with Gasteiger partial charge in [0.1, 0.15) is 5.69 Å². The standard InChI is InChI=1S/C7H4BrNO2/c8-6-1-5(3-10)7(4-11)9-2-6/h1-4H. The highest BCUT2D eigenvalue weighted by Crippen LogP contribution is 2.10. The van der Waals surface area contributed by atoms with Crippen molar-refractivity contribution in [2.24, 2.45) is 0 Å². The quantitative estimate of drug-likeness (QED) is 0.700. The zero-order valence-electron chi connectivity index (χ0n) is 5.45. The molecular formula is C7H4BrNO2. The molecular weight excluding hydrogens is 210 g/mol. The van der Waals surface area contributed by atoms with Gasteiger partial charge >= 0.3 is 0 Å². The molecule has 0 aliphatic heterocycles. The number of hydrogen-bond acceptors (Lipinski definition) is 3. The summed E-state index contributed by atoms with van der Waals surface area (Å²) in [4.78, 5) is 24.3. The highest BCUT2D eigenvalue weighted by Gasteiger charge is 2.01. The monoisotopic (exact) mass is 213 g/mol. The van der Waals surface area contributed by atoms with Crippen LogP contribution in [0.2, 0.25) is 0 Å². The minimum atomic E-state index is 0.170. The van der Waals surface area contributed by atoms with Gasteiger partial charge in [0.2, 0.25) is 0 Å². The van der Waals surface area contributed by atoms with Gasteiger partial charge in [0.25, 0.3) is 0 Å². The van der Waals surface area contributed by atoms with Crippen molar-refractivity contribution in [2.45, 2.75) is 0 Å². The molecule has 1 aromatic heterocycles. The molecule has 4 heteroatoms. The van der Waals surface area contributed by atoms with Gasteiger partial charge < -0.3 is 0 Å². The zero-order valence-corrected chi connectivity index (χ0v) is 7.04. The van der Waals surface area contributed by atoms with Gasteiger partial charge in [-0.15, -0.1) is 0 Å². The van der Waals surface area contributed by atoms with Gasteiger partial charge in [0.15, 0.2) is 12.6 Å². The molecule has 0 radical (unpaired) electrons. The van der Waals surface area contributed by atoms with Gasteiger partial charge in [-0.3, -0.25) is 14.6 Å². The molecule has 0 atom stereocenters. The summed E-state index contributed by atoms with van der Waals surface area (Å²) in [7, 11) is 0. The fourth-order valence-electron chi connectivity index (χ4n) is 0.658. The van der Waals surface area contributed by atoms with E-state index in [-0.39, 0.29) is 5.69 Å². The second-order valence-corrected chi connectivity index (χ2v) is 2.78. The van der Waals surface area contributed by atoms with Crippen LogP contribution in [0.15, 0.2) is 16.7 Å². The lowest BCUT2D eigenvalue weighted by Crippen LogP contribution is -1.93. The predicted molar refractivity (Wildman–Crippen MR) is 42.7 cm³/mol. The average Bonchev–Trinajstić information content (AvgIpc) is 2.04. The van der Waals surface area contributed by atoms with Crippen LogP contribution < -0.4 is 0 Å². The van der Waals surface area contributed by atoms with Gasteiger partial charge in [-0.05, 0) is 22.0 Å². The van der Waals surface area contributed by atoms with E-state index < -0.39 is 0 Å². The molecule has 0 aliphatic carbocycles. The Morgan fingerprint density at radius 1 is 1.36 bits per heavy atom. The molecule has 3 nitrogen and oxygen atoms in total. The molecule has 0 aromatic carbocycles. The van der Waals surface area contributed by atoms with E-state index in [2.05, 4.69) is 20.9 Å². The summed E-state index contributed by atoms with van der Waals surface area (Å²) in [5, 5.41) is 0. The summed E-state index contributed by atoms with van der Waals surface area (Å²) in [5.41, 5.74) is 0.470. The van der Waals surface area contributed by atoms with Crippen molar-refractivity contribution in [3.63, 3.8) is 0 Å². The van der Waals surface area contributed by atoms with Crippen LogP contribution in [0.25, 0.3) is 0 Å². The lowest BCUT2D eigenvalue weighted by molar-refractivity contribution is 0.109. The number of pyridine rings is 1. The van der Waals surface area contributed by atoms with Crippen LogP contribution in [0.1, 0.15) is 20.8 Å². The Balaban J connectivity index is 3.26. The minimum Gasteiger partial charge on any atom is -0.298 e. The third-order valence-corrected chi connectivity index (χ3v) is 1.59. The summed E-state index contributed by atoms with van der Waals surface area (Å²) in [6.07, 6.45) is 2.62. The first kappa shape index (κ1) is 8.07. The zero-order chi connectivity index (χ0) is 8.27. The molecule has 0 fully saturated rings. The lowest BCUT2D eigenvalue weighted by Gasteiger charge is -1.94. The van der Waals surface area contributed by atoms with Crippen LogP contribution in [-0.4, -0.2) is 17.6 Å². The van der Waals surface area contributed by atoms with Crippen molar-refractivity contribution < 1.29 is 9.59 Å². The number of carbonyl (C=O) groups is 2. The molecule has 0 saturated heterocycles. The van der Waals surface area contributed by atoms with Crippen molar-refractivity contribution in [3.05, 3.63) is 28.0 Å². The van der Waals surface area contributed by atoms with Crippen LogP contribution in [-0.2, 0) is 0 Å². The molecule has 11 heavy (non-hydrogen) atoms. The number of hydrogen-bond donors (Lipinski definition) is 0. The number of nitrogens with zero attached hydrogens (tertiary/aromatic N) is 1. The Bertz CT molecular complexity index is 298. The highest BCUT2D eigenvalue weighted by atomic mass is 79.9. The Morgan fingerprint density at radius 3 is 2.64 bits per heavy atom. The first-order chi connectivity index (χ1) is 5.27. The van der Waals surface area contributed by atoms with Crippen LogP contribution in [0.4, 0.5) is 0 Å². The summed E-state index contributed by atoms with van der Waals surface area (Å²) in [5.74, 6) is 0. The van der Waals surface area contributed by atoms with Gasteiger partial charge in [0, 0.05) is 16.2 Å². The van der Waals surface area contributed by atoms with Gasteiger partial charge in [-0.2, -0.15) is 0 Å². The number of carbonyl (C=O) groups excluding carboxylic acids is 2. The van der Waals surface area contributed by atoms with Crippen molar-refractivity contribution in [1.29, 1.82) is 0 Å². The smallest absolute Gasteiger partial charge is 0.169 e. The highest BCUT2D eigenvalue weighted by molar-refractivity contribution is 9.10. The molecule has 0 bridgehead atoms. The number of halogens is 1. The fourth-order valence-corrected chi connectivity index (χ4v) is 1.01. The maximum absolute atomic E-state index is 10.3. The van der Waals surface area contributed by atoms with E-state index in [4.69, 9.17) is 0 Å². The molecule has 0 amide bonds. The van der Waals surface area contributed by atoms with E-state index in [1.165, 1.54) is 6.20 Å². The Hall–Kier alpha value is -1.03. The molecule has 0 aliphatic rings. The maximum Gasteiger partial charge on any atom is 0.169 e. The first-order valence-electron chi connectivity index (χ1n) is 2.84. The molecule has 1 heterocycles. The van der Waals surface area contributed by atoms with Crippen LogP contribution in [0, 0.1) is 0 Å². The molecule has 0 N–H and O–H groups in total. The van der Waals surface area contributed by atoms with E-state index in [0.717, 1.165) is 0 Å². The van der Waals surface area contributed by atoms with Gasteiger partial charge in [-0.1, -0.05) is 0 Å². The summed E-state index contributed by atoms with van der Waals surface area (Å²) in [6.45, 7) is 0. The average molecular weight is 214 g/mol. The maximum atomic E-state index is 10.3. The third-order valence-electron chi connectivity index (χ3n) is 1.15. The second kappa shape index (κ2) is 3.39. The van der Waals surface area contributed by atoms with Gasteiger partial charge in [-0.25, -0.2) is 0 Å². The van der Waals surface area contributed by atoms with E-state index in [0.29, 0.717) is 22.6 Å². The molecule has 0 unspecified atom stereocenters. The largest absolute Gasteiger partial charge is 0.298 e. The van der Waals surface area contributed by atoms with Crippen molar-refractivity contribution in [1.82, 2.24) is 4.98 Å². The molecule has 1 rings (SSSR count). The number of rotatable bonds is 2. The van der Waals surface area contributed by atoms with E-state index >= 15 is 0 Å². The van der Waals surface area contributed by atoms with Gasteiger partial charge in [0.05, 0.1) is 0 Å². The normalized spacial score (nSPS) is 9.18. The third kappa shape index (κ3) is 1.71. The van der Waals surface area contributed by atoms with Crippen LogP contribution >= 0.6 is 15.9 Å². The SMILES string of the molecule is O=Cc1cc(Br)cnc1C=O.